The molecule has 1 unspecified atom stereocenters. The average molecular weight is 574 g/mol. The van der Waals surface area contributed by atoms with Crippen molar-refractivity contribution in [3.05, 3.63) is 29.8 Å². The van der Waals surface area contributed by atoms with Crippen LogP contribution in [0.3, 0.4) is 0 Å². The Morgan fingerprint density at radius 1 is 0.737 bits per heavy atom. The summed E-state index contributed by atoms with van der Waals surface area (Å²) in [7, 11) is 3.41. The van der Waals surface area contributed by atoms with E-state index in [9.17, 15) is 4.79 Å². The summed E-state index contributed by atoms with van der Waals surface area (Å²) in [5.41, 5.74) is 1.13. The quantitative estimate of drug-likeness (QED) is 0.0901. The molecule has 8 nitrogen and oxygen atoms in total. The van der Waals surface area contributed by atoms with Gasteiger partial charge in [-0.1, -0.05) is 61.4 Å². The molecule has 1 atom stereocenters. The van der Waals surface area contributed by atoms with E-state index in [1.807, 2.05) is 12.1 Å². The lowest BCUT2D eigenvalue weighted by atomic mass is 10.1. The monoisotopic (exact) mass is 573 g/mol. The highest BCUT2D eigenvalue weighted by atomic mass is 33.1. The summed E-state index contributed by atoms with van der Waals surface area (Å²) in [5.74, 6) is -0.00523. The molecule has 0 spiro atoms. The Balaban J connectivity index is 1.99. The van der Waals surface area contributed by atoms with Crippen LogP contribution in [-0.2, 0) is 30.2 Å². The van der Waals surface area contributed by atoms with E-state index in [1.165, 1.54) is 0 Å². The predicted octanol–water partition coefficient (Wildman–Crippen LogP) is 4.27. The normalized spacial score (nSPS) is 12.4. The first kappa shape index (κ1) is 35.2. The number of carbonyl (C=O) groups excluding carboxylic acids is 1. The zero-order valence-electron chi connectivity index (χ0n) is 24.1. The van der Waals surface area contributed by atoms with Gasteiger partial charge < -0.3 is 34.9 Å². The van der Waals surface area contributed by atoms with Crippen molar-refractivity contribution in [3.63, 3.8) is 0 Å². The van der Waals surface area contributed by atoms with Gasteiger partial charge in [0, 0.05) is 36.7 Å². The first-order valence-electron chi connectivity index (χ1n) is 13.9. The van der Waals surface area contributed by atoms with Gasteiger partial charge in [0.1, 0.15) is 5.44 Å². The van der Waals surface area contributed by atoms with Gasteiger partial charge in [0.05, 0.1) is 46.1 Å². The maximum absolute atomic E-state index is 12.2. The van der Waals surface area contributed by atoms with E-state index < -0.39 is 0 Å². The lowest BCUT2D eigenvalue weighted by molar-refractivity contribution is -0.120. The molecule has 0 saturated carbocycles. The Morgan fingerprint density at radius 2 is 1.32 bits per heavy atom. The average Bonchev–Trinajstić information content (AvgIpc) is 2.88. The highest BCUT2D eigenvalue weighted by Crippen LogP contribution is 2.34. The third-order valence-electron chi connectivity index (χ3n) is 5.16. The molecule has 0 aliphatic heterocycles. The molecule has 3 N–H and O–H groups in total. The number of ether oxygens (including phenoxy) is 4. The molecule has 38 heavy (non-hydrogen) atoms. The molecule has 0 heterocycles. The summed E-state index contributed by atoms with van der Waals surface area (Å²) in [5, 5.41) is 9.62. The molecule has 220 valence electrons. The fourth-order valence-electron chi connectivity index (χ4n) is 3.15. The maximum atomic E-state index is 12.2. The van der Waals surface area contributed by atoms with E-state index in [0.717, 1.165) is 43.0 Å². The smallest absolute Gasteiger partial charge is 0.224 e. The van der Waals surface area contributed by atoms with Crippen molar-refractivity contribution >= 4 is 27.5 Å². The number of unbranched alkanes of at least 4 members (excludes halogenated alkanes) is 1. The highest BCUT2D eigenvalue weighted by Gasteiger charge is 2.07. The van der Waals surface area contributed by atoms with Gasteiger partial charge >= 0.3 is 0 Å². The zero-order chi connectivity index (χ0) is 27.8. The van der Waals surface area contributed by atoms with Gasteiger partial charge in [-0.25, -0.2) is 0 Å². The van der Waals surface area contributed by atoms with Crippen LogP contribution in [0.2, 0.25) is 0 Å². The molecule has 0 saturated heterocycles. The van der Waals surface area contributed by atoms with E-state index in [-0.39, 0.29) is 11.3 Å². The molecule has 1 rings (SSSR count). The molecular weight excluding hydrogens is 522 g/mol. The molecular formula is C28H51N3O5S2. The van der Waals surface area contributed by atoms with Crippen molar-refractivity contribution in [2.24, 2.45) is 0 Å². The summed E-state index contributed by atoms with van der Waals surface area (Å²) in [6.07, 6.45) is 2.56. The van der Waals surface area contributed by atoms with Gasteiger partial charge in [0.15, 0.2) is 0 Å². The molecule has 0 radical (unpaired) electrons. The molecule has 0 bridgehead atoms. The Bertz CT molecular complexity index is 696. The first-order chi connectivity index (χ1) is 18.4. The molecule has 1 aromatic rings. The number of hydrogen-bond donors (Lipinski definition) is 3. The van der Waals surface area contributed by atoms with Crippen molar-refractivity contribution in [2.45, 2.75) is 76.3 Å². The first-order valence-corrected chi connectivity index (χ1v) is 16.1. The van der Waals surface area contributed by atoms with Crippen LogP contribution in [0, 0.1) is 0 Å². The minimum absolute atomic E-state index is 0.00523. The van der Waals surface area contributed by atoms with E-state index in [4.69, 9.17) is 18.9 Å². The van der Waals surface area contributed by atoms with Crippen molar-refractivity contribution in [3.8, 4) is 0 Å². The fourth-order valence-corrected chi connectivity index (χ4v) is 5.04. The number of nitrogens with one attached hydrogen (secondary N) is 3. The van der Waals surface area contributed by atoms with Crippen LogP contribution in [0.4, 0.5) is 0 Å². The second kappa shape index (κ2) is 24.0. The number of rotatable bonds is 25. The molecule has 0 aliphatic rings. The summed E-state index contributed by atoms with van der Waals surface area (Å²) in [6.45, 7) is 17.1. The largest absolute Gasteiger partial charge is 0.378 e. The SMILES string of the molecule is CC(C)NCCCCOC(C)SSc1ccc(CC(=O)NCCOCCOCCOCCNC(C)C)cc1. The Hall–Kier alpha value is -0.850. The van der Waals surface area contributed by atoms with Gasteiger partial charge in [-0.05, 0) is 44.0 Å². The van der Waals surface area contributed by atoms with Crippen molar-refractivity contribution in [2.75, 3.05) is 65.9 Å². The third-order valence-corrected chi connectivity index (χ3v) is 7.80. The van der Waals surface area contributed by atoms with E-state index in [1.54, 1.807) is 21.6 Å². The van der Waals surface area contributed by atoms with Crippen LogP contribution in [0.1, 0.15) is 53.0 Å². The molecule has 0 aliphatic carbocycles. The van der Waals surface area contributed by atoms with Gasteiger partial charge in [-0.15, -0.1) is 0 Å². The fraction of sp³-hybridized carbons (Fsp3) is 0.750. The van der Waals surface area contributed by atoms with Crippen LogP contribution < -0.4 is 16.0 Å². The molecule has 10 heteroatoms. The number of benzene rings is 1. The Morgan fingerprint density at radius 3 is 1.95 bits per heavy atom. The van der Waals surface area contributed by atoms with E-state index in [0.29, 0.717) is 64.7 Å². The van der Waals surface area contributed by atoms with Crippen molar-refractivity contribution in [1.82, 2.24) is 16.0 Å². The Kier molecular flexibility index (Phi) is 22.2. The minimum Gasteiger partial charge on any atom is -0.378 e. The van der Waals surface area contributed by atoms with Gasteiger partial charge in [-0.2, -0.15) is 0 Å². The summed E-state index contributed by atoms with van der Waals surface area (Å²) in [6, 6.07) is 9.15. The lowest BCUT2D eigenvalue weighted by Crippen LogP contribution is -2.29. The molecule has 1 aromatic carbocycles. The van der Waals surface area contributed by atoms with E-state index in [2.05, 4.69) is 62.7 Å². The Labute approximate surface area is 238 Å². The van der Waals surface area contributed by atoms with Gasteiger partial charge in [0.2, 0.25) is 5.91 Å². The highest BCUT2D eigenvalue weighted by molar-refractivity contribution is 8.76. The topological polar surface area (TPSA) is 90.1 Å². The van der Waals surface area contributed by atoms with Crippen LogP contribution in [0.5, 0.6) is 0 Å². The summed E-state index contributed by atoms with van der Waals surface area (Å²) in [4.78, 5) is 13.3. The van der Waals surface area contributed by atoms with E-state index >= 15 is 0 Å². The van der Waals surface area contributed by atoms with Crippen LogP contribution in [-0.4, -0.2) is 89.3 Å². The number of hydrogen-bond acceptors (Lipinski definition) is 9. The minimum atomic E-state index is -0.00523. The number of carbonyl (C=O) groups is 1. The van der Waals surface area contributed by atoms with Gasteiger partial charge in [0.25, 0.3) is 0 Å². The van der Waals surface area contributed by atoms with Crippen LogP contribution in [0.15, 0.2) is 29.2 Å². The van der Waals surface area contributed by atoms with Crippen molar-refractivity contribution in [1.29, 1.82) is 0 Å². The van der Waals surface area contributed by atoms with Crippen LogP contribution >= 0.6 is 21.6 Å². The maximum Gasteiger partial charge on any atom is 0.224 e. The third kappa shape index (κ3) is 22.0. The predicted molar refractivity (Wildman–Crippen MR) is 160 cm³/mol. The summed E-state index contributed by atoms with van der Waals surface area (Å²) < 4.78 is 22.3. The summed E-state index contributed by atoms with van der Waals surface area (Å²) >= 11 is 0. The molecule has 0 aromatic heterocycles. The lowest BCUT2D eigenvalue weighted by Gasteiger charge is -2.13. The number of amides is 1. The second-order valence-electron chi connectivity index (χ2n) is 9.55. The van der Waals surface area contributed by atoms with Gasteiger partial charge in [-0.3, -0.25) is 4.79 Å². The molecule has 1 amide bonds. The van der Waals surface area contributed by atoms with Crippen LogP contribution in [0.25, 0.3) is 0 Å². The van der Waals surface area contributed by atoms with Crippen molar-refractivity contribution < 1.29 is 23.7 Å². The second-order valence-corrected chi connectivity index (χ2v) is 12.1. The zero-order valence-corrected chi connectivity index (χ0v) is 25.7. The standard InChI is InChI=1S/C28H51N3O5S2/c1-23(2)29-12-6-7-15-36-25(5)37-38-27-10-8-26(9-11-27)22-28(32)31-14-17-34-19-21-35-20-18-33-16-13-30-24(3)4/h8-11,23-25,29-30H,6-7,12-22H2,1-5H3,(H,31,32). The molecule has 0 fully saturated rings.